The fraction of sp³-hybridized carbons (Fsp3) is 0.667. The van der Waals surface area contributed by atoms with Crippen LogP contribution in [-0.2, 0) is 0 Å². The molecule has 0 N–H and O–H groups in total. The third kappa shape index (κ3) is 2.70. The van der Waals surface area contributed by atoms with E-state index in [1.165, 1.54) is 12.8 Å². The van der Waals surface area contributed by atoms with Gasteiger partial charge in [0.15, 0.2) is 5.69 Å². The topological polar surface area (TPSA) is 46.3 Å². The number of halogens is 1. The third-order valence-corrected chi connectivity index (χ3v) is 4.38. The van der Waals surface area contributed by atoms with E-state index in [9.17, 15) is 4.79 Å². The lowest BCUT2D eigenvalue weighted by Crippen LogP contribution is -2.44. The lowest BCUT2D eigenvalue weighted by Gasteiger charge is -2.34. The second-order valence-corrected chi connectivity index (χ2v) is 5.78. The monoisotopic (exact) mass is 300 g/mol. The van der Waals surface area contributed by atoms with Crippen LogP contribution in [0.3, 0.4) is 0 Å². The van der Waals surface area contributed by atoms with Crippen LogP contribution in [0.5, 0.6) is 0 Å². The summed E-state index contributed by atoms with van der Waals surface area (Å²) in [6, 6.07) is 1.94. The van der Waals surface area contributed by atoms with Crippen molar-refractivity contribution >= 4 is 21.8 Å². The van der Waals surface area contributed by atoms with Gasteiger partial charge in [0.25, 0.3) is 5.91 Å². The Balaban J connectivity index is 2.08. The van der Waals surface area contributed by atoms with Crippen molar-refractivity contribution in [3.05, 3.63) is 17.5 Å². The quantitative estimate of drug-likeness (QED) is 0.789. The highest BCUT2D eigenvalue weighted by Gasteiger charge is 2.30. The predicted octanol–water partition coefficient (Wildman–Crippen LogP) is 2.76. The number of alkyl halides is 1. The van der Waals surface area contributed by atoms with Crippen molar-refractivity contribution in [2.24, 2.45) is 0 Å². The van der Waals surface area contributed by atoms with E-state index in [2.05, 4.69) is 21.1 Å². The Bertz CT molecular complexity index is 405. The highest BCUT2D eigenvalue weighted by molar-refractivity contribution is 9.09. The minimum Gasteiger partial charge on any atom is -0.361 e. The summed E-state index contributed by atoms with van der Waals surface area (Å²) >= 11 is 3.66. The van der Waals surface area contributed by atoms with E-state index < -0.39 is 0 Å². The Morgan fingerprint density at radius 2 is 2.24 bits per heavy atom. The molecule has 1 amide bonds. The van der Waals surface area contributed by atoms with Gasteiger partial charge >= 0.3 is 0 Å². The average molecular weight is 301 g/mol. The number of amides is 1. The number of nitrogens with zero attached hydrogens (tertiary/aromatic N) is 2. The van der Waals surface area contributed by atoms with Crippen LogP contribution < -0.4 is 0 Å². The standard InChI is InChI=1S/C12H17BrN2O2/c1-8-7-10(14-17-8)12(16)15(2)11-6-4-3-5-9(11)13/h7,9,11H,3-6H2,1-2H3. The van der Waals surface area contributed by atoms with Crippen LogP contribution in [-0.4, -0.2) is 33.9 Å². The zero-order chi connectivity index (χ0) is 12.4. The molecular formula is C12H17BrN2O2. The first-order chi connectivity index (χ1) is 8.09. The molecule has 94 valence electrons. The number of aryl methyl sites for hydroxylation is 1. The van der Waals surface area contributed by atoms with Crippen molar-refractivity contribution < 1.29 is 9.32 Å². The summed E-state index contributed by atoms with van der Waals surface area (Å²) in [5, 5.41) is 3.78. The minimum absolute atomic E-state index is 0.0572. The minimum atomic E-state index is -0.0572. The Morgan fingerprint density at radius 3 is 2.82 bits per heavy atom. The summed E-state index contributed by atoms with van der Waals surface area (Å²) in [5.41, 5.74) is 0.398. The number of hydrogen-bond donors (Lipinski definition) is 0. The van der Waals surface area contributed by atoms with Gasteiger partial charge in [0.05, 0.1) is 0 Å². The highest BCUT2D eigenvalue weighted by Crippen LogP contribution is 2.28. The molecule has 4 nitrogen and oxygen atoms in total. The molecule has 0 aromatic carbocycles. The zero-order valence-electron chi connectivity index (χ0n) is 10.1. The number of carbonyl (C=O) groups is 1. The first-order valence-corrected chi connectivity index (χ1v) is 6.85. The van der Waals surface area contributed by atoms with Gasteiger partial charge in [-0.1, -0.05) is 33.9 Å². The molecular weight excluding hydrogens is 284 g/mol. The van der Waals surface area contributed by atoms with Crippen molar-refractivity contribution in [3.8, 4) is 0 Å². The van der Waals surface area contributed by atoms with E-state index in [0.29, 0.717) is 16.3 Å². The molecule has 1 fully saturated rings. The van der Waals surface area contributed by atoms with Crippen molar-refractivity contribution in [1.29, 1.82) is 0 Å². The molecule has 1 saturated carbocycles. The van der Waals surface area contributed by atoms with Crippen LogP contribution in [0.4, 0.5) is 0 Å². The van der Waals surface area contributed by atoms with Gasteiger partial charge < -0.3 is 9.42 Å². The first kappa shape index (κ1) is 12.6. The Morgan fingerprint density at radius 1 is 1.53 bits per heavy atom. The summed E-state index contributed by atoms with van der Waals surface area (Å²) in [6.45, 7) is 1.79. The molecule has 0 radical (unpaired) electrons. The lowest BCUT2D eigenvalue weighted by atomic mass is 9.94. The molecule has 2 rings (SSSR count). The summed E-state index contributed by atoms with van der Waals surface area (Å²) in [5.74, 6) is 0.610. The molecule has 0 bridgehead atoms. The molecule has 0 spiro atoms. The van der Waals surface area contributed by atoms with Crippen molar-refractivity contribution in [2.75, 3.05) is 7.05 Å². The largest absolute Gasteiger partial charge is 0.361 e. The maximum Gasteiger partial charge on any atom is 0.276 e. The number of aromatic nitrogens is 1. The molecule has 2 atom stereocenters. The molecule has 0 aliphatic heterocycles. The summed E-state index contributed by atoms with van der Waals surface area (Å²) in [7, 11) is 1.84. The van der Waals surface area contributed by atoms with E-state index in [1.54, 1.807) is 17.9 Å². The van der Waals surface area contributed by atoms with Crippen LogP contribution in [0.1, 0.15) is 41.9 Å². The molecule has 1 aromatic rings. The van der Waals surface area contributed by atoms with Gasteiger partial charge in [0.2, 0.25) is 0 Å². The smallest absolute Gasteiger partial charge is 0.276 e. The molecule has 1 aromatic heterocycles. The molecule has 5 heteroatoms. The maximum absolute atomic E-state index is 12.2. The number of rotatable bonds is 2. The van der Waals surface area contributed by atoms with Gasteiger partial charge in [-0.25, -0.2) is 0 Å². The van der Waals surface area contributed by atoms with Crippen LogP contribution in [0.15, 0.2) is 10.6 Å². The fourth-order valence-electron chi connectivity index (χ4n) is 2.30. The van der Waals surface area contributed by atoms with Gasteiger partial charge in [-0.15, -0.1) is 0 Å². The molecule has 1 aliphatic rings. The van der Waals surface area contributed by atoms with Crippen LogP contribution in [0.2, 0.25) is 0 Å². The van der Waals surface area contributed by atoms with Crippen molar-refractivity contribution in [1.82, 2.24) is 10.1 Å². The predicted molar refractivity (Wildman–Crippen MR) is 68.3 cm³/mol. The normalized spacial score (nSPS) is 24.6. The average Bonchev–Trinajstić information content (AvgIpc) is 2.75. The van der Waals surface area contributed by atoms with Gasteiger partial charge in [-0.2, -0.15) is 0 Å². The molecule has 1 heterocycles. The van der Waals surface area contributed by atoms with Crippen LogP contribution in [0, 0.1) is 6.92 Å². The van der Waals surface area contributed by atoms with Crippen LogP contribution >= 0.6 is 15.9 Å². The molecule has 0 saturated heterocycles. The van der Waals surface area contributed by atoms with Gasteiger partial charge in [-0.05, 0) is 19.8 Å². The third-order valence-electron chi connectivity index (χ3n) is 3.31. The lowest BCUT2D eigenvalue weighted by molar-refractivity contribution is 0.0694. The summed E-state index contributed by atoms with van der Waals surface area (Å²) in [4.78, 5) is 14.4. The molecule has 17 heavy (non-hydrogen) atoms. The Kier molecular flexibility index (Phi) is 3.86. The fourth-order valence-corrected chi connectivity index (χ4v) is 3.24. The second-order valence-electron chi connectivity index (χ2n) is 4.61. The second kappa shape index (κ2) is 5.21. The first-order valence-electron chi connectivity index (χ1n) is 5.94. The van der Waals surface area contributed by atoms with Crippen LogP contribution in [0.25, 0.3) is 0 Å². The van der Waals surface area contributed by atoms with Gasteiger partial charge in [0, 0.05) is 24.0 Å². The van der Waals surface area contributed by atoms with Gasteiger partial charge in [0.1, 0.15) is 5.76 Å². The van der Waals surface area contributed by atoms with Crippen molar-refractivity contribution in [2.45, 2.75) is 43.5 Å². The van der Waals surface area contributed by atoms with E-state index in [-0.39, 0.29) is 11.9 Å². The van der Waals surface area contributed by atoms with Crippen molar-refractivity contribution in [3.63, 3.8) is 0 Å². The van der Waals surface area contributed by atoms with E-state index in [1.807, 2.05) is 7.05 Å². The summed E-state index contributed by atoms with van der Waals surface area (Å²) < 4.78 is 4.94. The summed E-state index contributed by atoms with van der Waals surface area (Å²) in [6.07, 6.45) is 4.59. The van der Waals surface area contributed by atoms with E-state index in [4.69, 9.17) is 4.52 Å². The van der Waals surface area contributed by atoms with E-state index in [0.717, 1.165) is 12.8 Å². The Labute approximate surface area is 109 Å². The molecule has 1 aliphatic carbocycles. The zero-order valence-corrected chi connectivity index (χ0v) is 11.7. The SMILES string of the molecule is Cc1cc(C(=O)N(C)C2CCCCC2Br)no1. The maximum atomic E-state index is 12.2. The highest BCUT2D eigenvalue weighted by atomic mass is 79.9. The van der Waals surface area contributed by atoms with Gasteiger partial charge in [-0.3, -0.25) is 4.79 Å². The molecule has 2 unspecified atom stereocenters. The number of carbonyl (C=O) groups excluding carboxylic acids is 1. The number of hydrogen-bond acceptors (Lipinski definition) is 3. The Hall–Kier alpha value is -0.840. The van der Waals surface area contributed by atoms with E-state index >= 15 is 0 Å².